The van der Waals surface area contributed by atoms with E-state index < -0.39 is 5.97 Å². The molecule has 4 rings (SSSR count). The number of pyridine rings is 1. The number of H-pyrrole nitrogens is 1. The van der Waals surface area contributed by atoms with Gasteiger partial charge in [-0.3, -0.25) is 14.5 Å². The number of esters is 1. The molecule has 1 aliphatic rings. The van der Waals surface area contributed by atoms with Gasteiger partial charge in [-0.05, 0) is 73.7 Å². The van der Waals surface area contributed by atoms with E-state index >= 15 is 0 Å². The van der Waals surface area contributed by atoms with E-state index in [2.05, 4.69) is 38.4 Å². The van der Waals surface area contributed by atoms with Gasteiger partial charge in [0.2, 0.25) is 0 Å². The van der Waals surface area contributed by atoms with Crippen molar-refractivity contribution < 1.29 is 14.3 Å². The maximum atomic E-state index is 13.1. The highest BCUT2D eigenvalue weighted by Crippen LogP contribution is 2.27. The van der Waals surface area contributed by atoms with Crippen molar-refractivity contribution in [3.8, 4) is 0 Å². The Balaban J connectivity index is 1.68. The SMILES string of the molecule is CCOC(=O)Cn1nnnc1[C@H](CC)N(Cc1cc2c(C)cc(C)cc2[nH]c1=O)C[C@@H]1CCCO1. The normalized spacial score (nSPS) is 16.8. The molecule has 1 fully saturated rings. The average molecular weight is 483 g/mol. The maximum absolute atomic E-state index is 13.1. The van der Waals surface area contributed by atoms with E-state index in [1.807, 2.05) is 26.0 Å². The molecule has 0 spiro atoms. The topological polar surface area (TPSA) is 115 Å². The Kier molecular flexibility index (Phi) is 7.92. The van der Waals surface area contributed by atoms with Crippen LogP contribution in [0.2, 0.25) is 0 Å². The van der Waals surface area contributed by atoms with Crippen LogP contribution >= 0.6 is 0 Å². The fourth-order valence-corrected chi connectivity index (χ4v) is 4.90. The van der Waals surface area contributed by atoms with Crippen molar-refractivity contribution in [1.29, 1.82) is 0 Å². The number of nitrogens with one attached hydrogen (secondary N) is 1. The molecule has 0 saturated carbocycles. The number of benzene rings is 1. The summed E-state index contributed by atoms with van der Waals surface area (Å²) in [5, 5.41) is 13.2. The molecular formula is C25H34N6O4. The Morgan fingerprint density at radius 1 is 1.31 bits per heavy atom. The minimum absolute atomic E-state index is 0.0600. The third-order valence-corrected chi connectivity index (χ3v) is 6.49. The quantitative estimate of drug-likeness (QED) is 0.439. The fraction of sp³-hybridized carbons (Fsp3) is 0.560. The summed E-state index contributed by atoms with van der Waals surface area (Å²) in [5.41, 5.74) is 3.63. The highest BCUT2D eigenvalue weighted by molar-refractivity contribution is 5.83. The van der Waals surface area contributed by atoms with Crippen LogP contribution in [0.25, 0.3) is 10.9 Å². The summed E-state index contributed by atoms with van der Waals surface area (Å²) in [4.78, 5) is 30.5. The number of nitrogens with zero attached hydrogens (tertiary/aromatic N) is 5. The van der Waals surface area contributed by atoms with Crippen molar-refractivity contribution in [2.45, 2.75) is 72.2 Å². The summed E-state index contributed by atoms with van der Waals surface area (Å²) in [6.07, 6.45) is 2.75. The summed E-state index contributed by atoms with van der Waals surface area (Å²) in [6, 6.07) is 5.89. The van der Waals surface area contributed by atoms with Crippen molar-refractivity contribution in [1.82, 2.24) is 30.1 Å². The van der Waals surface area contributed by atoms with Gasteiger partial charge in [0.05, 0.1) is 18.8 Å². The molecule has 1 aliphatic heterocycles. The Labute approximate surface area is 204 Å². The van der Waals surface area contributed by atoms with Crippen molar-refractivity contribution in [3.05, 3.63) is 51.1 Å². The zero-order valence-electron chi connectivity index (χ0n) is 20.9. The van der Waals surface area contributed by atoms with E-state index in [0.717, 1.165) is 41.5 Å². The minimum Gasteiger partial charge on any atom is -0.465 e. The molecule has 0 unspecified atom stereocenters. The molecule has 10 nitrogen and oxygen atoms in total. The predicted octanol–water partition coefficient (Wildman–Crippen LogP) is 2.83. The second kappa shape index (κ2) is 11.1. The average Bonchev–Trinajstić information content (AvgIpc) is 3.48. The van der Waals surface area contributed by atoms with Crippen molar-refractivity contribution in [2.24, 2.45) is 0 Å². The number of hydrogen-bond acceptors (Lipinski definition) is 8. The number of aryl methyl sites for hydroxylation is 2. The number of aromatic amines is 1. The second-order valence-corrected chi connectivity index (χ2v) is 9.16. The van der Waals surface area contributed by atoms with Gasteiger partial charge in [0, 0.05) is 36.2 Å². The van der Waals surface area contributed by atoms with Gasteiger partial charge in [-0.25, -0.2) is 4.68 Å². The number of tetrazole rings is 1. The largest absolute Gasteiger partial charge is 0.465 e. The Morgan fingerprint density at radius 2 is 2.14 bits per heavy atom. The third-order valence-electron chi connectivity index (χ3n) is 6.49. The van der Waals surface area contributed by atoms with Crippen LogP contribution in [-0.2, 0) is 27.4 Å². The van der Waals surface area contributed by atoms with Crippen LogP contribution in [0.4, 0.5) is 0 Å². The smallest absolute Gasteiger partial charge is 0.327 e. The molecule has 1 N–H and O–H groups in total. The van der Waals surface area contributed by atoms with E-state index in [1.165, 1.54) is 4.68 Å². The zero-order chi connectivity index (χ0) is 24.9. The maximum Gasteiger partial charge on any atom is 0.327 e. The van der Waals surface area contributed by atoms with Gasteiger partial charge in [0.1, 0.15) is 6.54 Å². The van der Waals surface area contributed by atoms with E-state index in [9.17, 15) is 9.59 Å². The second-order valence-electron chi connectivity index (χ2n) is 9.16. The van der Waals surface area contributed by atoms with Crippen LogP contribution in [0, 0.1) is 13.8 Å². The van der Waals surface area contributed by atoms with E-state index in [1.54, 1.807) is 6.92 Å². The van der Waals surface area contributed by atoms with E-state index in [4.69, 9.17) is 9.47 Å². The van der Waals surface area contributed by atoms with Crippen molar-refractivity contribution in [2.75, 3.05) is 19.8 Å². The number of ether oxygens (including phenoxy) is 2. The molecular weight excluding hydrogens is 448 g/mol. The lowest BCUT2D eigenvalue weighted by Crippen LogP contribution is -2.38. The predicted molar refractivity (Wildman–Crippen MR) is 131 cm³/mol. The lowest BCUT2D eigenvalue weighted by Gasteiger charge is -2.32. The molecule has 1 saturated heterocycles. The first-order chi connectivity index (χ1) is 16.9. The Morgan fingerprint density at radius 3 is 2.86 bits per heavy atom. The highest BCUT2D eigenvalue weighted by atomic mass is 16.5. The number of fused-ring (bicyclic) bond motifs is 1. The van der Waals surface area contributed by atoms with Crippen LogP contribution in [0.3, 0.4) is 0 Å². The molecule has 0 radical (unpaired) electrons. The van der Waals surface area contributed by atoms with Gasteiger partial charge in [-0.2, -0.15) is 0 Å². The van der Waals surface area contributed by atoms with Crippen LogP contribution in [0.5, 0.6) is 0 Å². The minimum atomic E-state index is -0.390. The molecule has 188 valence electrons. The van der Waals surface area contributed by atoms with Crippen LogP contribution < -0.4 is 5.56 Å². The first kappa shape index (κ1) is 25.0. The molecule has 0 amide bonds. The van der Waals surface area contributed by atoms with E-state index in [-0.39, 0.29) is 24.2 Å². The number of aromatic nitrogens is 5. The number of hydrogen-bond donors (Lipinski definition) is 1. The monoisotopic (exact) mass is 482 g/mol. The molecule has 0 bridgehead atoms. The van der Waals surface area contributed by atoms with Crippen LogP contribution in [-0.4, -0.2) is 61.9 Å². The molecule has 0 aliphatic carbocycles. The molecule has 3 heterocycles. The van der Waals surface area contributed by atoms with E-state index in [0.29, 0.717) is 37.5 Å². The van der Waals surface area contributed by atoms with Crippen molar-refractivity contribution in [3.63, 3.8) is 0 Å². The molecule has 35 heavy (non-hydrogen) atoms. The van der Waals surface area contributed by atoms with Gasteiger partial charge in [0.15, 0.2) is 5.82 Å². The number of rotatable bonds is 10. The van der Waals surface area contributed by atoms with Gasteiger partial charge >= 0.3 is 5.97 Å². The lowest BCUT2D eigenvalue weighted by molar-refractivity contribution is -0.144. The summed E-state index contributed by atoms with van der Waals surface area (Å²) in [5.74, 6) is 0.181. The molecule has 2 aromatic heterocycles. The van der Waals surface area contributed by atoms with Gasteiger partial charge < -0.3 is 14.5 Å². The fourth-order valence-electron chi connectivity index (χ4n) is 4.90. The molecule has 10 heteroatoms. The third kappa shape index (κ3) is 5.76. The first-order valence-corrected chi connectivity index (χ1v) is 12.3. The Bertz CT molecular complexity index is 1230. The summed E-state index contributed by atoms with van der Waals surface area (Å²) in [6.45, 7) is 9.91. The first-order valence-electron chi connectivity index (χ1n) is 12.3. The number of carbonyl (C=O) groups is 1. The summed E-state index contributed by atoms with van der Waals surface area (Å²) < 4.78 is 12.5. The molecule has 2 atom stereocenters. The Hall–Kier alpha value is -3.11. The standard InChI is InChI=1S/C25H34N6O4/c1-5-22(24-27-28-29-31(24)15-23(32)34-6-2)30(14-19-8-7-9-35-19)13-18-12-20-17(4)10-16(3)11-21(20)26-25(18)33/h10-12,19,22H,5-9,13-15H2,1-4H3,(H,26,33)/t19-,22-/m0/s1. The lowest BCUT2D eigenvalue weighted by atomic mass is 10.0. The van der Waals surface area contributed by atoms with Crippen LogP contribution in [0.15, 0.2) is 23.0 Å². The molecule has 1 aromatic carbocycles. The summed E-state index contributed by atoms with van der Waals surface area (Å²) >= 11 is 0. The number of carbonyl (C=O) groups excluding carboxylic acids is 1. The van der Waals surface area contributed by atoms with Crippen molar-refractivity contribution >= 4 is 16.9 Å². The molecule has 3 aromatic rings. The highest BCUT2D eigenvalue weighted by Gasteiger charge is 2.30. The van der Waals surface area contributed by atoms with Gasteiger partial charge in [-0.15, -0.1) is 5.10 Å². The van der Waals surface area contributed by atoms with Gasteiger partial charge in [-0.1, -0.05) is 13.0 Å². The zero-order valence-corrected chi connectivity index (χ0v) is 20.9. The summed E-state index contributed by atoms with van der Waals surface area (Å²) in [7, 11) is 0. The van der Waals surface area contributed by atoms with Gasteiger partial charge in [0.25, 0.3) is 5.56 Å². The van der Waals surface area contributed by atoms with Crippen LogP contribution in [0.1, 0.15) is 61.7 Å².